The van der Waals surface area contributed by atoms with Gasteiger partial charge in [-0.25, -0.2) is 13.6 Å². The maximum absolute atomic E-state index is 11.4. The minimum absolute atomic E-state index is 0.0614. The molecule has 0 unspecified atom stereocenters. The van der Waals surface area contributed by atoms with E-state index in [1.54, 1.807) is 12.1 Å². The topological polar surface area (TPSA) is 98.2 Å². The van der Waals surface area contributed by atoms with Crippen LogP contribution in [0.2, 0.25) is 0 Å². The van der Waals surface area contributed by atoms with Crippen molar-refractivity contribution in [2.75, 3.05) is 17.6 Å². The van der Waals surface area contributed by atoms with Gasteiger partial charge in [-0.3, -0.25) is 0 Å². The smallest absolute Gasteiger partial charge is 0.238 e. The Labute approximate surface area is 113 Å². The van der Waals surface area contributed by atoms with Crippen molar-refractivity contribution in [3.05, 3.63) is 18.2 Å². The molecule has 0 aromatic heterocycles. The molecule has 6 heteroatoms. The summed E-state index contributed by atoms with van der Waals surface area (Å²) in [5, 5.41) is 8.46. The number of nitrogen functional groups attached to an aromatic ring is 1. The first-order valence-corrected chi connectivity index (χ1v) is 8.11. The number of hydrogen-bond donors (Lipinski definition) is 3. The first-order valence-electron chi connectivity index (χ1n) is 6.56. The van der Waals surface area contributed by atoms with E-state index in [1.165, 1.54) is 31.7 Å². The molecule has 1 aromatic rings. The summed E-state index contributed by atoms with van der Waals surface area (Å²) >= 11 is 0. The highest BCUT2D eigenvalue weighted by Gasteiger charge is 2.53. The van der Waals surface area contributed by atoms with Crippen molar-refractivity contribution in [2.45, 2.75) is 30.6 Å². The van der Waals surface area contributed by atoms with Crippen LogP contribution >= 0.6 is 0 Å². The molecule has 0 radical (unpaired) electrons. The number of hydrogen-bond acceptors (Lipinski definition) is 4. The lowest BCUT2D eigenvalue weighted by atomic mass is 10.0. The molecule has 2 fully saturated rings. The van der Waals surface area contributed by atoms with E-state index in [2.05, 4.69) is 5.32 Å². The van der Waals surface area contributed by atoms with Gasteiger partial charge in [0.2, 0.25) is 10.0 Å². The highest BCUT2D eigenvalue weighted by atomic mass is 32.2. The minimum Gasteiger partial charge on any atom is -0.399 e. The van der Waals surface area contributed by atoms with E-state index < -0.39 is 10.0 Å². The van der Waals surface area contributed by atoms with Gasteiger partial charge in [-0.15, -0.1) is 0 Å². The average Bonchev–Trinajstić information content (AvgIpc) is 3.16. The summed E-state index contributed by atoms with van der Waals surface area (Å²) in [7, 11) is -3.71. The Hall–Kier alpha value is -1.27. The van der Waals surface area contributed by atoms with Crippen LogP contribution in [0, 0.1) is 11.3 Å². The van der Waals surface area contributed by atoms with Crippen molar-refractivity contribution in [3.63, 3.8) is 0 Å². The van der Waals surface area contributed by atoms with Crippen LogP contribution in [-0.4, -0.2) is 15.0 Å². The Morgan fingerprint density at radius 1 is 1.26 bits per heavy atom. The average molecular weight is 281 g/mol. The molecule has 5 nitrogen and oxygen atoms in total. The van der Waals surface area contributed by atoms with Gasteiger partial charge in [0, 0.05) is 17.9 Å². The predicted octanol–water partition coefficient (Wildman–Crippen LogP) is 1.52. The maximum atomic E-state index is 11.4. The molecule has 104 valence electrons. The lowest BCUT2D eigenvalue weighted by Gasteiger charge is -2.16. The van der Waals surface area contributed by atoms with E-state index in [1.807, 2.05) is 0 Å². The van der Waals surface area contributed by atoms with Crippen LogP contribution in [0.25, 0.3) is 0 Å². The molecule has 2 saturated carbocycles. The van der Waals surface area contributed by atoms with Crippen molar-refractivity contribution >= 4 is 21.4 Å². The number of sulfonamides is 1. The van der Waals surface area contributed by atoms with E-state index in [-0.39, 0.29) is 4.90 Å². The third kappa shape index (κ3) is 2.69. The van der Waals surface area contributed by atoms with Gasteiger partial charge in [0.15, 0.2) is 0 Å². The van der Waals surface area contributed by atoms with Gasteiger partial charge in [0.05, 0.1) is 4.90 Å². The number of benzene rings is 1. The highest BCUT2D eigenvalue weighted by Crippen LogP contribution is 2.61. The summed E-state index contributed by atoms with van der Waals surface area (Å²) in [6, 6.07) is 4.68. The molecule has 0 bridgehead atoms. The highest BCUT2D eigenvalue weighted by molar-refractivity contribution is 7.89. The van der Waals surface area contributed by atoms with Crippen LogP contribution in [0.1, 0.15) is 25.7 Å². The molecule has 1 aromatic carbocycles. The van der Waals surface area contributed by atoms with Crippen molar-refractivity contribution in [1.29, 1.82) is 0 Å². The number of nitrogens with two attached hydrogens (primary N) is 2. The molecule has 0 amide bonds. The van der Waals surface area contributed by atoms with Crippen LogP contribution in [0.4, 0.5) is 11.4 Å². The van der Waals surface area contributed by atoms with Crippen LogP contribution < -0.4 is 16.2 Å². The van der Waals surface area contributed by atoms with Gasteiger partial charge in [-0.05, 0) is 55.2 Å². The molecule has 0 saturated heterocycles. The second-order valence-corrected chi connectivity index (χ2v) is 7.39. The predicted molar refractivity (Wildman–Crippen MR) is 75.1 cm³/mol. The SMILES string of the molecule is Nc1cc(NCC2(C3CC3)CC2)cc(S(N)(=O)=O)c1. The molecule has 2 aliphatic carbocycles. The second-order valence-electron chi connectivity index (χ2n) is 5.83. The number of rotatable bonds is 5. The van der Waals surface area contributed by atoms with Crippen LogP contribution in [0.5, 0.6) is 0 Å². The number of nitrogens with one attached hydrogen (secondary N) is 1. The zero-order valence-electron chi connectivity index (χ0n) is 10.7. The Kier molecular flexibility index (Phi) is 2.76. The minimum atomic E-state index is -3.71. The van der Waals surface area contributed by atoms with Crippen LogP contribution in [0.3, 0.4) is 0 Å². The van der Waals surface area contributed by atoms with Gasteiger partial charge in [0.25, 0.3) is 0 Å². The van der Waals surface area contributed by atoms with Gasteiger partial charge >= 0.3 is 0 Å². The Morgan fingerprint density at radius 3 is 2.47 bits per heavy atom. The summed E-state index contributed by atoms with van der Waals surface area (Å²) in [6.07, 6.45) is 5.21. The van der Waals surface area contributed by atoms with Gasteiger partial charge in [0.1, 0.15) is 0 Å². The monoisotopic (exact) mass is 281 g/mol. The van der Waals surface area contributed by atoms with E-state index in [4.69, 9.17) is 10.9 Å². The Balaban J connectivity index is 1.75. The normalized spacial score (nSPS) is 21.1. The fourth-order valence-corrected chi connectivity index (χ4v) is 3.34. The molecule has 0 aliphatic heterocycles. The summed E-state index contributed by atoms with van der Waals surface area (Å²) in [4.78, 5) is 0.0614. The maximum Gasteiger partial charge on any atom is 0.238 e. The third-order valence-electron chi connectivity index (χ3n) is 4.24. The summed E-state index contributed by atoms with van der Waals surface area (Å²) in [6.45, 7) is 0.894. The zero-order valence-corrected chi connectivity index (χ0v) is 11.5. The molecular weight excluding hydrogens is 262 g/mol. The van der Waals surface area contributed by atoms with E-state index in [0.717, 1.165) is 18.2 Å². The van der Waals surface area contributed by atoms with Crippen molar-refractivity contribution in [2.24, 2.45) is 16.5 Å². The fourth-order valence-electron chi connectivity index (χ4n) is 2.75. The molecule has 0 heterocycles. The van der Waals surface area contributed by atoms with Crippen molar-refractivity contribution < 1.29 is 8.42 Å². The van der Waals surface area contributed by atoms with E-state index in [0.29, 0.717) is 11.1 Å². The second kappa shape index (κ2) is 4.11. The fraction of sp³-hybridized carbons (Fsp3) is 0.538. The largest absolute Gasteiger partial charge is 0.399 e. The molecule has 0 spiro atoms. The molecular formula is C13H19N3O2S. The first kappa shape index (κ1) is 12.7. The number of anilines is 2. The van der Waals surface area contributed by atoms with Crippen LogP contribution in [-0.2, 0) is 10.0 Å². The van der Waals surface area contributed by atoms with Gasteiger partial charge in [-0.1, -0.05) is 0 Å². The Morgan fingerprint density at radius 2 is 1.95 bits per heavy atom. The van der Waals surface area contributed by atoms with Crippen molar-refractivity contribution in [1.82, 2.24) is 0 Å². The zero-order chi connectivity index (χ0) is 13.7. The molecule has 3 rings (SSSR count). The molecule has 2 aliphatic rings. The lowest BCUT2D eigenvalue weighted by Crippen LogP contribution is -2.18. The van der Waals surface area contributed by atoms with Crippen molar-refractivity contribution in [3.8, 4) is 0 Å². The standard InChI is InChI=1S/C13H19N3O2S/c14-10-5-11(7-12(6-10)19(15,17)18)16-8-13(3-4-13)9-1-2-9/h5-7,9,16H,1-4,8,14H2,(H2,15,17,18). The molecule has 5 N–H and O–H groups in total. The third-order valence-corrected chi connectivity index (χ3v) is 5.13. The summed E-state index contributed by atoms with van der Waals surface area (Å²) in [5.74, 6) is 0.860. The molecule has 0 atom stereocenters. The summed E-state index contributed by atoms with van der Waals surface area (Å²) < 4.78 is 22.7. The quantitative estimate of drug-likeness (QED) is 0.713. The summed E-state index contributed by atoms with van der Waals surface area (Å²) in [5.41, 5.74) is 7.31. The Bertz CT molecular complexity index is 604. The van der Waals surface area contributed by atoms with E-state index in [9.17, 15) is 8.42 Å². The van der Waals surface area contributed by atoms with Gasteiger partial charge < -0.3 is 11.1 Å². The van der Waals surface area contributed by atoms with E-state index >= 15 is 0 Å². The number of primary sulfonamides is 1. The van der Waals surface area contributed by atoms with Gasteiger partial charge in [-0.2, -0.15) is 0 Å². The van der Waals surface area contributed by atoms with Crippen LogP contribution in [0.15, 0.2) is 23.1 Å². The molecule has 19 heavy (non-hydrogen) atoms. The lowest BCUT2D eigenvalue weighted by molar-refractivity contribution is 0.467. The first-order chi connectivity index (χ1) is 8.89.